The summed E-state index contributed by atoms with van der Waals surface area (Å²) in [5.41, 5.74) is 0.261. The van der Waals surface area contributed by atoms with Crippen LogP contribution < -0.4 is 5.32 Å². The Morgan fingerprint density at radius 2 is 1.90 bits per heavy atom. The lowest BCUT2D eigenvalue weighted by molar-refractivity contribution is -0.153. The summed E-state index contributed by atoms with van der Waals surface area (Å²) in [6.07, 6.45) is -1.81. The fourth-order valence-electron chi connectivity index (χ4n) is 3.06. The largest absolute Gasteiger partial charge is 0.444 e. The number of hydrogen-bond acceptors (Lipinski definition) is 6. The summed E-state index contributed by atoms with van der Waals surface area (Å²) >= 11 is 0. The summed E-state index contributed by atoms with van der Waals surface area (Å²) < 4.78 is 23.0. The lowest BCUT2D eigenvalue weighted by Crippen LogP contribution is -2.56. The van der Waals surface area contributed by atoms with Gasteiger partial charge in [-0.2, -0.15) is 0 Å². The standard InChI is InChI=1S/C22H33NO6/c1-7-16(24)19(26-13-15-11-9-8-10-12-15)18(17-14-27-22(5,6)28-17)23-20(25)29-21(2,3)4/h8-12,17-19H,7,13-14H2,1-6H3,(H,23,25)/t17-,18+,19+/m1/s1. The van der Waals surface area contributed by atoms with Crippen molar-refractivity contribution in [1.82, 2.24) is 5.32 Å². The monoisotopic (exact) mass is 407 g/mol. The van der Waals surface area contributed by atoms with Crippen LogP contribution in [0.2, 0.25) is 0 Å². The predicted octanol–water partition coefficient (Wildman–Crippen LogP) is 3.60. The van der Waals surface area contributed by atoms with Crippen LogP contribution in [0.25, 0.3) is 0 Å². The van der Waals surface area contributed by atoms with E-state index in [1.165, 1.54) is 0 Å². The third-order valence-electron chi connectivity index (χ3n) is 4.38. The first-order valence-electron chi connectivity index (χ1n) is 10.0. The van der Waals surface area contributed by atoms with Crippen molar-refractivity contribution < 1.29 is 28.5 Å². The molecule has 1 fully saturated rings. The second-order valence-corrected chi connectivity index (χ2v) is 8.58. The third-order valence-corrected chi connectivity index (χ3v) is 4.38. The molecule has 162 valence electrons. The van der Waals surface area contributed by atoms with Gasteiger partial charge in [-0.3, -0.25) is 4.79 Å². The summed E-state index contributed by atoms with van der Waals surface area (Å²) in [5, 5.41) is 2.79. The molecule has 0 aromatic heterocycles. The first-order valence-corrected chi connectivity index (χ1v) is 10.0. The molecule has 0 saturated carbocycles. The van der Waals surface area contributed by atoms with E-state index in [0.717, 1.165) is 5.56 Å². The van der Waals surface area contributed by atoms with Crippen LogP contribution in [-0.4, -0.2) is 48.1 Å². The molecular weight excluding hydrogens is 374 g/mol. The van der Waals surface area contributed by atoms with E-state index in [0.29, 0.717) is 0 Å². The summed E-state index contributed by atoms with van der Waals surface area (Å²) in [5.74, 6) is -0.937. The highest BCUT2D eigenvalue weighted by Crippen LogP contribution is 2.27. The van der Waals surface area contributed by atoms with E-state index >= 15 is 0 Å². The highest BCUT2D eigenvalue weighted by molar-refractivity contribution is 5.84. The number of alkyl carbamates (subject to hydrolysis) is 1. The molecule has 1 aromatic carbocycles. The van der Waals surface area contributed by atoms with Gasteiger partial charge in [0.2, 0.25) is 0 Å². The van der Waals surface area contributed by atoms with Crippen molar-refractivity contribution in [2.75, 3.05) is 6.61 Å². The Labute approximate surface area is 173 Å². The van der Waals surface area contributed by atoms with Gasteiger partial charge in [-0.05, 0) is 40.2 Å². The van der Waals surface area contributed by atoms with Crippen LogP contribution in [0.4, 0.5) is 4.79 Å². The van der Waals surface area contributed by atoms with Gasteiger partial charge in [0, 0.05) is 6.42 Å². The van der Waals surface area contributed by atoms with Gasteiger partial charge in [0.1, 0.15) is 17.8 Å². The smallest absolute Gasteiger partial charge is 0.408 e. The van der Waals surface area contributed by atoms with Crippen LogP contribution >= 0.6 is 0 Å². The number of rotatable bonds is 8. The first-order chi connectivity index (χ1) is 13.5. The molecule has 0 spiro atoms. The number of ketones is 1. The lowest BCUT2D eigenvalue weighted by atomic mass is 9.99. The van der Waals surface area contributed by atoms with Crippen LogP contribution in [-0.2, 0) is 30.3 Å². The molecule has 0 radical (unpaired) electrons. The number of carbonyl (C=O) groups is 2. The molecule has 1 amide bonds. The molecule has 1 aliphatic rings. The number of amides is 1. The number of nitrogens with one attached hydrogen (secondary N) is 1. The molecule has 3 atom stereocenters. The quantitative estimate of drug-likeness (QED) is 0.709. The number of carbonyl (C=O) groups excluding carboxylic acids is 2. The minimum atomic E-state index is -0.893. The van der Waals surface area contributed by atoms with E-state index in [2.05, 4.69) is 5.32 Å². The van der Waals surface area contributed by atoms with Gasteiger partial charge in [0.05, 0.1) is 19.3 Å². The molecule has 7 nitrogen and oxygen atoms in total. The van der Waals surface area contributed by atoms with Gasteiger partial charge in [-0.1, -0.05) is 37.3 Å². The van der Waals surface area contributed by atoms with Gasteiger partial charge >= 0.3 is 6.09 Å². The second-order valence-electron chi connectivity index (χ2n) is 8.58. The lowest BCUT2D eigenvalue weighted by Gasteiger charge is -2.32. The van der Waals surface area contributed by atoms with Crippen molar-refractivity contribution in [1.29, 1.82) is 0 Å². The van der Waals surface area contributed by atoms with Gasteiger partial charge < -0.3 is 24.3 Å². The van der Waals surface area contributed by atoms with Gasteiger partial charge in [0.15, 0.2) is 11.6 Å². The number of ether oxygens (including phenoxy) is 4. The minimum absolute atomic E-state index is 0.129. The van der Waals surface area contributed by atoms with Crippen LogP contribution in [0.3, 0.4) is 0 Å². The molecule has 0 bridgehead atoms. The summed E-state index contributed by atoms with van der Waals surface area (Å²) in [4.78, 5) is 25.2. The molecule has 1 saturated heterocycles. The molecular formula is C22H33NO6. The Bertz CT molecular complexity index is 682. The maximum atomic E-state index is 12.7. The Hall–Kier alpha value is -1.96. The second kappa shape index (κ2) is 9.69. The van der Waals surface area contributed by atoms with E-state index in [-0.39, 0.29) is 25.4 Å². The van der Waals surface area contributed by atoms with Gasteiger partial charge in [-0.15, -0.1) is 0 Å². The molecule has 2 rings (SSSR count). The molecule has 29 heavy (non-hydrogen) atoms. The van der Waals surface area contributed by atoms with Gasteiger partial charge in [0.25, 0.3) is 0 Å². The molecule has 1 aromatic rings. The topological polar surface area (TPSA) is 83.1 Å². The average Bonchev–Trinajstić information content (AvgIpc) is 2.99. The maximum absolute atomic E-state index is 12.7. The van der Waals surface area contributed by atoms with E-state index in [4.69, 9.17) is 18.9 Å². The molecule has 1 aliphatic heterocycles. The SMILES string of the molecule is CCC(=O)[C@H](OCc1ccccc1)[C@@H](NC(=O)OC(C)(C)C)[C@H]1COC(C)(C)O1. The number of benzene rings is 1. The molecule has 7 heteroatoms. The molecule has 1 heterocycles. The number of Topliss-reactive ketones (excluding diaryl/α,β-unsaturated/α-hetero) is 1. The van der Waals surface area contributed by atoms with E-state index in [9.17, 15) is 9.59 Å². The maximum Gasteiger partial charge on any atom is 0.408 e. The zero-order valence-electron chi connectivity index (χ0n) is 18.2. The highest BCUT2D eigenvalue weighted by atomic mass is 16.7. The third kappa shape index (κ3) is 7.42. The fourth-order valence-corrected chi connectivity index (χ4v) is 3.06. The van der Waals surface area contributed by atoms with E-state index in [1.807, 2.05) is 30.3 Å². The first kappa shape index (κ1) is 23.3. The van der Waals surface area contributed by atoms with Crippen molar-refractivity contribution in [2.24, 2.45) is 0 Å². The Morgan fingerprint density at radius 3 is 2.41 bits per heavy atom. The summed E-state index contributed by atoms with van der Waals surface area (Å²) in [6, 6.07) is 8.81. The van der Waals surface area contributed by atoms with Crippen molar-refractivity contribution in [2.45, 2.75) is 84.2 Å². The summed E-state index contributed by atoms with van der Waals surface area (Å²) in [6.45, 7) is 11.2. The zero-order valence-corrected chi connectivity index (χ0v) is 18.2. The van der Waals surface area contributed by atoms with Crippen LogP contribution in [0.5, 0.6) is 0 Å². The zero-order chi connectivity index (χ0) is 21.7. The van der Waals surface area contributed by atoms with Crippen molar-refractivity contribution in [3.63, 3.8) is 0 Å². The van der Waals surface area contributed by atoms with E-state index < -0.39 is 35.7 Å². The predicted molar refractivity (Wildman–Crippen MR) is 108 cm³/mol. The highest BCUT2D eigenvalue weighted by Gasteiger charge is 2.44. The average molecular weight is 408 g/mol. The van der Waals surface area contributed by atoms with Crippen molar-refractivity contribution in [3.05, 3.63) is 35.9 Å². The van der Waals surface area contributed by atoms with Crippen LogP contribution in [0, 0.1) is 0 Å². The van der Waals surface area contributed by atoms with Crippen molar-refractivity contribution in [3.8, 4) is 0 Å². The fraction of sp³-hybridized carbons (Fsp3) is 0.636. The van der Waals surface area contributed by atoms with Crippen molar-refractivity contribution >= 4 is 11.9 Å². The molecule has 0 aliphatic carbocycles. The van der Waals surface area contributed by atoms with E-state index in [1.54, 1.807) is 41.5 Å². The summed E-state index contributed by atoms with van der Waals surface area (Å²) in [7, 11) is 0. The molecule has 1 N–H and O–H groups in total. The van der Waals surface area contributed by atoms with Crippen LogP contribution in [0.15, 0.2) is 30.3 Å². The Morgan fingerprint density at radius 1 is 1.24 bits per heavy atom. The number of hydrogen-bond donors (Lipinski definition) is 1. The molecule has 0 unspecified atom stereocenters. The normalized spacial score (nSPS) is 20.7. The Balaban J connectivity index is 2.22. The Kier molecular flexibility index (Phi) is 7.80. The van der Waals surface area contributed by atoms with Gasteiger partial charge in [-0.25, -0.2) is 4.79 Å². The minimum Gasteiger partial charge on any atom is -0.444 e. The van der Waals surface area contributed by atoms with Crippen LogP contribution in [0.1, 0.15) is 53.5 Å².